The average Bonchev–Trinajstić information content (AvgIpc) is 1.63. The van der Waals surface area contributed by atoms with E-state index < -0.39 is 23.0 Å². The molecule has 0 radical (unpaired) electrons. The van der Waals surface area contributed by atoms with Crippen LogP contribution in [-0.2, 0) is 15.9 Å². The maximum absolute atomic E-state index is 9.85. The fraction of sp³-hybridized carbons (Fsp3) is 0.750. The first-order valence-corrected chi connectivity index (χ1v) is 3.55. The second-order valence-electron chi connectivity index (χ2n) is 1.69. The van der Waals surface area contributed by atoms with Gasteiger partial charge in [0.05, 0.1) is 0 Å². The van der Waals surface area contributed by atoms with Crippen molar-refractivity contribution in [2.45, 2.75) is 6.92 Å². The van der Waals surface area contributed by atoms with E-state index in [2.05, 4.69) is 0 Å². The summed E-state index contributed by atoms with van der Waals surface area (Å²) in [5.74, 6) is -2.62. The van der Waals surface area contributed by atoms with E-state index in [1.54, 1.807) is 0 Å². The predicted octanol–water partition coefficient (Wildman–Crippen LogP) is -1.75. The zero-order valence-corrected chi connectivity index (χ0v) is 5.64. The lowest BCUT2D eigenvalue weighted by atomic mass is 10.2. The van der Waals surface area contributed by atoms with Crippen LogP contribution >= 0.6 is 0 Å². The zero-order valence-electron chi connectivity index (χ0n) is 4.83. The highest BCUT2D eigenvalue weighted by atomic mass is 32.2. The Kier molecular flexibility index (Phi) is 3.41. The Morgan fingerprint density at radius 1 is 1.78 bits per heavy atom. The highest BCUT2D eigenvalue weighted by molar-refractivity contribution is 7.79. The zero-order chi connectivity index (χ0) is 7.44. The maximum atomic E-state index is 9.85. The summed E-state index contributed by atoms with van der Waals surface area (Å²) in [6, 6.07) is 0. The molecule has 0 spiro atoms. The summed E-state index contributed by atoms with van der Waals surface area (Å²) in [6.45, 7) is 1.28. The van der Waals surface area contributed by atoms with Crippen LogP contribution < -0.4 is 5.11 Å². The molecule has 2 atom stereocenters. The molecule has 0 fully saturated rings. The van der Waals surface area contributed by atoms with E-state index in [1.807, 2.05) is 0 Å². The van der Waals surface area contributed by atoms with E-state index in [1.165, 1.54) is 6.92 Å². The number of hydrogen-bond donors (Lipinski definition) is 0. The Bertz CT molecular complexity index is 133. The van der Waals surface area contributed by atoms with Crippen LogP contribution in [0.1, 0.15) is 6.92 Å². The van der Waals surface area contributed by atoms with Gasteiger partial charge in [0.15, 0.2) is 0 Å². The molecule has 0 aliphatic carbocycles. The Morgan fingerprint density at radius 3 is 2.33 bits per heavy atom. The van der Waals surface area contributed by atoms with Gasteiger partial charge in [-0.15, -0.1) is 0 Å². The predicted molar refractivity (Wildman–Crippen MR) is 28.0 cm³/mol. The molecule has 0 heterocycles. The standard InChI is InChI=1S/C4H8O4S/c1-3(4(5)6)2-9(7)8/h3H,2H2,1H3,(H,5,6)(H,7,8)/p-2. The maximum Gasteiger partial charge on any atom is 0.0451 e. The van der Waals surface area contributed by atoms with Crippen molar-refractivity contribution in [3.63, 3.8) is 0 Å². The van der Waals surface area contributed by atoms with Gasteiger partial charge in [0.2, 0.25) is 0 Å². The van der Waals surface area contributed by atoms with Gasteiger partial charge in [-0.05, 0) is 0 Å². The topological polar surface area (TPSA) is 80.3 Å². The van der Waals surface area contributed by atoms with Gasteiger partial charge in [-0.25, -0.2) is 0 Å². The smallest absolute Gasteiger partial charge is 0.0451 e. The Morgan fingerprint density at radius 2 is 2.22 bits per heavy atom. The molecule has 0 aliphatic rings. The Balaban J connectivity index is 3.63. The van der Waals surface area contributed by atoms with Crippen LogP contribution in [0.25, 0.3) is 0 Å². The molecule has 4 nitrogen and oxygen atoms in total. The molecule has 0 saturated carbocycles. The number of rotatable bonds is 3. The minimum absolute atomic E-state index is 0.373. The molecule has 0 bridgehead atoms. The number of carbonyl (C=O) groups excluding carboxylic acids is 1. The van der Waals surface area contributed by atoms with Crippen molar-refractivity contribution in [1.82, 2.24) is 0 Å². The van der Waals surface area contributed by atoms with Crippen molar-refractivity contribution >= 4 is 17.0 Å². The minimum Gasteiger partial charge on any atom is -0.772 e. The quantitative estimate of drug-likeness (QED) is 0.447. The van der Waals surface area contributed by atoms with Crippen LogP contribution in [0.4, 0.5) is 0 Å². The van der Waals surface area contributed by atoms with Crippen molar-refractivity contribution in [1.29, 1.82) is 0 Å². The van der Waals surface area contributed by atoms with Crippen LogP contribution in [-0.4, -0.2) is 20.5 Å². The molecule has 0 saturated heterocycles. The van der Waals surface area contributed by atoms with Gasteiger partial charge in [0.25, 0.3) is 0 Å². The van der Waals surface area contributed by atoms with Gasteiger partial charge in [-0.2, -0.15) is 0 Å². The molecule has 0 aliphatic heterocycles. The van der Waals surface area contributed by atoms with Crippen LogP contribution in [0.5, 0.6) is 0 Å². The third-order valence-corrected chi connectivity index (χ3v) is 1.56. The molecule has 5 heteroatoms. The molecule has 0 aromatic carbocycles. The second-order valence-corrected chi connectivity index (χ2v) is 2.63. The number of aliphatic carboxylic acids is 1. The van der Waals surface area contributed by atoms with Crippen LogP contribution in [0.2, 0.25) is 0 Å². The number of carboxylic acid groups (broad SMARTS) is 1. The van der Waals surface area contributed by atoms with Crippen molar-refractivity contribution in [3.8, 4) is 0 Å². The summed E-state index contributed by atoms with van der Waals surface area (Å²) < 4.78 is 19.6. The summed E-state index contributed by atoms with van der Waals surface area (Å²) in [6.07, 6.45) is 0. The number of carboxylic acids is 1. The lowest BCUT2D eigenvalue weighted by Crippen LogP contribution is -2.32. The normalized spacial score (nSPS) is 16.7. The molecule has 54 valence electrons. The fourth-order valence-electron chi connectivity index (χ4n) is 0.272. The lowest BCUT2D eigenvalue weighted by Gasteiger charge is -2.13. The van der Waals surface area contributed by atoms with Gasteiger partial charge in [-0.3, -0.25) is 4.21 Å². The van der Waals surface area contributed by atoms with Crippen molar-refractivity contribution in [2.75, 3.05) is 5.75 Å². The highest BCUT2D eigenvalue weighted by Gasteiger charge is 2.00. The first kappa shape index (κ1) is 8.58. The number of hydrogen-bond acceptors (Lipinski definition) is 4. The van der Waals surface area contributed by atoms with Crippen molar-refractivity contribution in [2.24, 2.45) is 5.92 Å². The Hall–Kier alpha value is -0.420. The van der Waals surface area contributed by atoms with Gasteiger partial charge in [0.1, 0.15) is 0 Å². The van der Waals surface area contributed by atoms with Crippen LogP contribution in [0.15, 0.2) is 0 Å². The summed E-state index contributed by atoms with van der Waals surface area (Å²) in [5, 5.41) is 9.85. The van der Waals surface area contributed by atoms with E-state index >= 15 is 0 Å². The summed E-state index contributed by atoms with van der Waals surface area (Å²) in [7, 11) is 0. The van der Waals surface area contributed by atoms with Gasteiger partial charge >= 0.3 is 0 Å². The molecule has 2 unspecified atom stereocenters. The molecule has 0 N–H and O–H groups in total. The molecule has 9 heavy (non-hydrogen) atoms. The fourth-order valence-corrected chi connectivity index (χ4v) is 0.816. The molecular weight excluding hydrogens is 144 g/mol. The van der Waals surface area contributed by atoms with E-state index in [0.29, 0.717) is 0 Å². The van der Waals surface area contributed by atoms with E-state index in [4.69, 9.17) is 0 Å². The minimum atomic E-state index is -2.29. The summed E-state index contributed by atoms with van der Waals surface area (Å²) in [4.78, 5) is 9.85. The van der Waals surface area contributed by atoms with Crippen LogP contribution in [0.3, 0.4) is 0 Å². The van der Waals surface area contributed by atoms with E-state index in [-0.39, 0.29) is 5.75 Å². The SMILES string of the molecule is CC(CS(=O)[O-])C(=O)[O-]. The summed E-state index contributed by atoms with van der Waals surface area (Å²) >= 11 is -2.29. The van der Waals surface area contributed by atoms with Crippen molar-refractivity contribution < 1.29 is 18.7 Å². The van der Waals surface area contributed by atoms with Crippen molar-refractivity contribution in [3.05, 3.63) is 0 Å². The van der Waals surface area contributed by atoms with Gasteiger partial charge in [0, 0.05) is 17.6 Å². The largest absolute Gasteiger partial charge is 0.772 e. The average molecular weight is 150 g/mol. The third kappa shape index (κ3) is 4.11. The first-order chi connectivity index (χ1) is 4.04. The second kappa shape index (κ2) is 3.58. The van der Waals surface area contributed by atoms with Crippen LogP contribution in [0, 0.1) is 5.92 Å². The van der Waals surface area contributed by atoms with Gasteiger partial charge < -0.3 is 14.5 Å². The van der Waals surface area contributed by atoms with E-state index in [9.17, 15) is 18.7 Å². The highest BCUT2D eigenvalue weighted by Crippen LogP contribution is 1.92. The Labute approximate surface area is 55.2 Å². The molecule has 0 amide bonds. The summed E-state index contributed by atoms with van der Waals surface area (Å²) in [5.41, 5.74) is 0. The monoisotopic (exact) mass is 150 g/mol. The molecule has 0 aromatic heterocycles. The molecular formula is C4H6O4S-2. The molecule has 0 rings (SSSR count). The van der Waals surface area contributed by atoms with Gasteiger partial charge in [-0.1, -0.05) is 18.0 Å². The molecule has 0 aromatic rings. The van der Waals surface area contributed by atoms with E-state index in [0.717, 1.165) is 0 Å². The lowest BCUT2D eigenvalue weighted by molar-refractivity contribution is -0.310. The number of carbonyl (C=O) groups is 1. The third-order valence-electron chi connectivity index (χ3n) is 0.788. The first-order valence-electron chi connectivity index (χ1n) is 2.30.